The van der Waals surface area contributed by atoms with Gasteiger partial charge in [-0.2, -0.15) is 17.6 Å². The SMILES string of the molecule is O=C(c1cc(OC(F)F)cc(OC(F)F)c1)c1c[nH]c2ncc(Br)cc12. The van der Waals surface area contributed by atoms with Crippen molar-refractivity contribution in [3.63, 3.8) is 0 Å². The lowest BCUT2D eigenvalue weighted by molar-refractivity contribution is -0.0543. The van der Waals surface area contributed by atoms with Crippen molar-refractivity contribution >= 4 is 32.7 Å². The summed E-state index contributed by atoms with van der Waals surface area (Å²) < 4.78 is 58.9. The van der Waals surface area contributed by atoms with Gasteiger partial charge in [0.25, 0.3) is 0 Å². The highest BCUT2D eigenvalue weighted by molar-refractivity contribution is 9.10. The van der Waals surface area contributed by atoms with E-state index in [1.54, 1.807) is 6.07 Å². The number of carbonyl (C=O) groups excluding carboxylic acids is 1. The van der Waals surface area contributed by atoms with Crippen LogP contribution in [0.4, 0.5) is 17.6 Å². The number of ether oxygens (including phenoxy) is 2. The number of rotatable bonds is 6. The molecule has 1 aromatic carbocycles. The van der Waals surface area contributed by atoms with E-state index in [2.05, 4.69) is 35.4 Å². The molecule has 0 aliphatic heterocycles. The Morgan fingerprint density at radius 3 is 2.23 bits per heavy atom. The van der Waals surface area contributed by atoms with Crippen LogP contribution < -0.4 is 9.47 Å². The molecular formula is C16H9BrF4N2O3. The van der Waals surface area contributed by atoms with Crippen molar-refractivity contribution in [1.82, 2.24) is 9.97 Å². The van der Waals surface area contributed by atoms with Crippen molar-refractivity contribution in [2.75, 3.05) is 0 Å². The molecule has 0 saturated heterocycles. The van der Waals surface area contributed by atoms with Crippen LogP contribution in [0.5, 0.6) is 11.5 Å². The standard InChI is InChI=1S/C16H9BrF4N2O3/c17-8-3-11-12(6-23-14(11)22-5-8)13(24)7-1-9(25-15(18)19)4-10(2-7)26-16(20)21/h1-6,15-16H,(H,22,23). The topological polar surface area (TPSA) is 64.2 Å². The molecule has 0 aliphatic carbocycles. The summed E-state index contributed by atoms with van der Waals surface area (Å²) >= 11 is 3.24. The van der Waals surface area contributed by atoms with Crippen LogP contribution in [0.1, 0.15) is 15.9 Å². The number of halogens is 5. The Labute approximate surface area is 152 Å². The van der Waals surface area contributed by atoms with Crippen molar-refractivity contribution in [2.24, 2.45) is 0 Å². The fraction of sp³-hybridized carbons (Fsp3) is 0.125. The van der Waals surface area contributed by atoms with Crippen LogP contribution >= 0.6 is 15.9 Å². The van der Waals surface area contributed by atoms with E-state index in [0.717, 1.165) is 18.2 Å². The van der Waals surface area contributed by atoms with Crippen LogP contribution in [0.25, 0.3) is 11.0 Å². The molecule has 0 amide bonds. The number of aromatic amines is 1. The summed E-state index contributed by atoms with van der Waals surface area (Å²) in [5.41, 5.74) is 0.464. The number of fused-ring (bicyclic) bond motifs is 1. The zero-order chi connectivity index (χ0) is 18.8. The smallest absolute Gasteiger partial charge is 0.387 e. The third kappa shape index (κ3) is 3.96. The first-order chi connectivity index (χ1) is 12.3. The molecule has 0 fully saturated rings. The van der Waals surface area contributed by atoms with E-state index in [4.69, 9.17) is 0 Å². The molecule has 2 heterocycles. The molecule has 26 heavy (non-hydrogen) atoms. The van der Waals surface area contributed by atoms with Crippen LogP contribution in [0.3, 0.4) is 0 Å². The van der Waals surface area contributed by atoms with Crippen LogP contribution in [-0.4, -0.2) is 29.0 Å². The molecule has 0 aliphatic rings. The first kappa shape index (κ1) is 18.2. The summed E-state index contributed by atoms with van der Waals surface area (Å²) in [6, 6.07) is 4.54. The molecule has 0 unspecified atom stereocenters. The van der Waals surface area contributed by atoms with Crippen LogP contribution in [-0.2, 0) is 0 Å². The molecule has 0 bridgehead atoms. The molecule has 3 aromatic rings. The van der Waals surface area contributed by atoms with E-state index in [-0.39, 0.29) is 11.1 Å². The third-order valence-corrected chi connectivity index (χ3v) is 3.77. The number of ketones is 1. The lowest BCUT2D eigenvalue weighted by Gasteiger charge is -2.11. The molecule has 0 atom stereocenters. The van der Waals surface area contributed by atoms with Gasteiger partial charge in [0.15, 0.2) is 5.78 Å². The van der Waals surface area contributed by atoms with Gasteiger partial charge < -0.3 is 14.5 Å². The third-order valence-electron chi connectivity index (χ3n) is 3.33. The molecule has 0 radical (unpaired) electrons. The Balaban J connectivity index is 2.05. The predicted octanol–water partition coefficient (Wildman–Crippen LogP) is 4.76. The van der Waals surface area contributed by atoms with Crippen LogP contribution in [0, 0.1) is 0 Å². The molecule has 1 N–H and O–H groups in total. The Kier molecular flexibility index (Phi) is 5.12. The summed E-state index contributed by atoms with van der Waals surface area (Å²) in [6.07, 6.45) is 2.92. The number of hydrogen-bond donors (Lipinski definition) is 1. The predicted molar refractivity (Wildman–Crippen MR) is 86.9 cm³/mol. The summed E-state index contributed by atoms with van der Waals surface area (Å²) in [6.45, 7) is -6.37. The van der Waals surface area contributed by atoms with Gasteiger partial charge in [0, 0.05) is 39.4 Å². The molecular weight excluding hydrogens is 424 g/mol. The summed E-state index contributed by atoms with van der Waals surface area (Å²) in [7, 11) is 0. The van der Waals surface area contributed by atoms with Crippen molar-refractivity contribution in [3.8, 4) is 11.5 Å². The minimum atomic E-state index is -3.19. The van der Waals surface area contributed by atoms with E-state index >= 15 is 0 Å². The molecule has 10 heteroatoms. The van der Waals surface area contributed by atoms with Crippen molar-refractivity contribution in [3.05, 3.63) is 52.3 Å². The Hall–Kier alpha value is -2.62. The van der Waals surface area contributed by atoms with E-state index in [1.807, 2.05) is 0 Å². The van der Waals surface area contributed by atoms with Gasteiger partial charge in [0.2, 0.25) is 0 Å². The Bertz CT molecular complexity index is 934. The first-order valence-electron chi connectivity index (χ1n) is 7.05. The van der Waals surface area contributed by atoms with E-state index in [9.17, 15) is 22.4 Å². The number of benzene rings is 1. The fourth-order valence-corrected chi connectivity index (χ4v) is 2.70. The maximum absolute atomic E-state index is 12.8. The lowest BCUT2D eigenvalue weighted by Crippen LogP contribution is -2.08. The fourth-order valence-electron chi connectivity index (χ4n) is 2.37. The van der Waals surface area contributed by atoms with E-state index in [1.165, 1.54) is 12.4 Å². The Morgan fingerprint density at radius 1 is 1.04 bits per heavy atom. The minimum absolute atomic E-state index is 0.153. The lowest BCUT2D eigenvalue weighted by atomic mass is 10.0. The maximum Gasteiger partial charge on any atom is 0.387 e. The maximum atomic E-state index is 12.8. The zero-order valence-corrected chi connectivity index (χ0v) is 14.3. The number of H-pyrrole nitrogens is 1. The number of aromatic nitrogens is 2. The number of pyridine rings is 1. The van der Waals surface area contributed by atoms with Gasteiger partial charge in [0.05, 0.1) is 0 Å². The minimum Gasteiger partial charge on any atom is -0.435 e. The number of nitrogens with zero attached hydrogens (tertiary/aromatic N) is 1. The monoisotopic (exact) mass is 432 g/mol. The number of hydrogen-bond acceptors (Lipinski definition) is 4. The highest BCUT2D eigenvalue weighted by Crippen LogP contribution is 2.29. The second-order valence-electron chi connectivity index (χ2n) is 5.03. The summed E-state index contributed by atoms with van der Waals surface area (Å²) in [5, 5.41) is 0.473. The van der Waals surface area contributed by atoms with E-state index in [0.29, 0.717) is 15.5 Å². The molecule has 2 aromatic heterocycles. The number of nitrogens with one attached hydrogen (secondary N) is 1. The van der Waals surface area contributed by atoms with Gasteiger partial charge in [-0.1, -0.05) is 0 Å². The van der Waals surface area contributed by atoms with E-state index < -0.39 is 30.5 Å². The molecule has 5 nitrogen and oxygen atoms in total. The summed E-state index contributed by atoms with van der Waals surface area (Å²) in [4.78, 5) is 19.7. The van der Waals surface area contributed by atoms with Crippen molar-refractivity contribution < 1.29 is 31.8 Å². The number of alkyl halides is 4. The van der Waals surface area contributed by atoms with Gasteiger partial charge >= 0.3 is 13.2 Å². The largest absolute Gasteiger partial charge is 0.435 e. The highest BCUT2D eigenvalue weighted by Gasteiger charge is 2.19. The normalized spacial score (nSPS) is 11.3. The van der Waals surface area contributed by atoms with Gasteiger partial charge in [0.1, 0.15) is 17.1 Å². The average Bonchev–Trinajstić information content (AvgIpc) is 2.95. The van der Waals surface area contributed by atoms with Gasteiger partial charge in [-0.25, -0.2) is 4.98 Å². The number of carbonyl (C=O) groups is 1. The molecule has 136 valence electrons. The van der Waals surface area contributed by atoms with Crippen molar-refractivity contribution in [1.29, 1.82) is 0 Å². The molecule has 0 saturated carbocycles. The quantitative estimate of drug-likeness (QED) is 0.450. The molecule has 3 rings (SSSR count). The first-order valence-corrected chi connectivity index (χ1v) is 7.85. The van der Waals surface area contributed by atoms with Crippen molar-refractivity contribution in [2.45, 2.75) is 13.2 Å². The van der Waals surface area contributed by atoms with Crippen LogP contribution in [0.15, 0.2) is 41.1 Å². The van der Waals surface area contributed by atoms with Gasteiger partial charge in [-0.15, -0.1) is 0 Å². The van der Waals surface area contributed by atoms with Gasteiger partial charge in [-0.3, -0.25) is 4.79 Å². The highest BCUT2D eigenvalue weighted by atomic mass is 79.9. The van der Waals surface area contributed by atoms with Gasteiger partial charge in [-0.05, 0) is 34.1 Å². The van der Waals surface area contributed by atoms with Crippen LogP contribution in [0.2, 0.25) is 0 Å². The average molecular weight is 433 g/mol. The Morgan fingerprint density at radius 2 is 1.65 bits per heavy atom. The second-order valence-corrected chi connectivity index (χ2v) is 5.95. The summed E-state index contributed by atoms with van der Waals surface area (Å²) in [5.74, 6) is -1.55. The second kappa shape index (κ2) is 7.32. The molecule has 0 spiro atoms. The zero-order valence-electron chi connectivity index (χ0n) is 12.7.